The van der Waals surface area contributed by atoms with Crippen molar-refractivity contribution in [1.82, 2.24) is 19.9 Å². The van der Waals surface area contributed by atoms with E-state index in [1.54, 1.807) is 13.0 Å². The summed E-state index contributed by atoms with van der Waals surface area (Å²) in [6.07, 6.45) is 2.77. The molecule has 2 aromatic rings. The molecule has 6 nitrogen and oxygen atoms in total. The Balaban J connectivity index is 1.95. The van der Waals surface area contributed by atoms with Crippen LogP contribution in [0.5, 0.6) is 0 Å². The van der Waals surface area contributed by atoms with Gasteiger partial charge in [-0.2, -0.15) is 5.10 Å². The molecule has 2 N–H and O–H groups in total. The first-order valence-corrected chi connectivity index (χ1v) is 7.88. The number of nitrogens with zero attached hydrogens (tertiary/aromatic N) is 2. The Labute approximate surface area is 118 Å². The van der Waals surface area contributed by atoms with Crippen LogP contribution in [0.4, 0.5) is 0 Å². The van der Waals surface area contributed by atoms with E-state index in [2.05, 4.69) is 19.9 Å². The van der Waals surface area contributed by atoms with Gasteiger partial charge in [-0.25, -0.2) is 18.1 Å². The van der Waals surface area contributed by atoms with Crippen LogP contribution < -0.4 is 4.72 Å². The summed E-state index contributed by atoms with van der Waals surface area (Å²) in [5, 5.41) is 6.49. The Morgan fingerprint density at radius 2 is 2.10 bits per heavy atom. The quantitative estimate of drug-likeness (QED) is 0.787. The molecule has 0 spiro atoms. The van der Waals surface area contributed by atoms with Crippen LogP contribution in [0.3, 0.4) is 0 Å². The van der Waals surface area contributed by atoms with Gasteiger partial charge in [0.15, 0.2) is 0 Å². The third-order valence-corrected chi connectivity index (χ3v) is 4.58. The summed E-state index contributed by atoms with van der Waals surface area (Å²) in [7, 11) is -3.45. The van der Waals surface area contributed by atoms with Crippen LogP contribution in [-0.2, 0) is 16.4 Å². The molecule has 0 fully saturated rings. The van der Waals surface area contributed by atoms with Crippen LogP contribution in [-0.4, -0.2) is 30.1 Å². The Morgan fingerprint density at radius 3 is 2.80 bits per heavy atom. The summed E-state index contributed by atoms with van der Waals surface area (Å²) in [6, 6.07) is 5.41. The molecule has 1 heterocycles. The van der Waals surface area contributed by atoms with E-state index >= 15 is 0 Å². The second-order valence-electron chi connectivity index (χ2n) is 4.70. The van der Waals surface area contributed by atoms with Gasteiger partial charge >= 0.3 is 0 Å². The van der Waals surface area contributed by atoms with Crippen LogP contribution in [0.15, 0.2) is 29.4 Å². The van der Waals surface area contributed by atoms with E-state index in [1.165, 1.54) is 6.33 Å². The molecule has 0 aliphatic carbocycles. The number of nitrogens with one attached hydrogen (secondary N) is 2. The van der Waals surface area contributed by atoms with Crippen molar-refractivity contribution in [3.05, 3.63) is 41.5 Å². The lowest BCUT2D eigenvalue weighted by Crippen LogP contribution is -2.26. The van der Waals surface area contributed by atoms with Crippen molar-refractivity contribution in [2.45, 2.75) is 31.6 Å². The van der Waals surface area contributed by atoms with Crippen molar-refractivity contribution in [3.8, 4) is 0 Å². The van der Waals surface area contributed by atoms with Gasteiger partial charge in [-0.1, -0.05) is 12.1 Å². The largest absolute Gasteiger partial charge is 0.263 e. The summed E-state index contributed by atoms with van der Waals surface area (Å²) in [5.41, 5.74) is 1.68. The zero-order valence-corrected chi connectivity index (χ0v) is 12.4. The lowest BCUT2D eigenvalue weighted by atomic mass is 10.2. The minimum atomic E-state index is -3.45. The Morgan fingerprint density at radius 1 is 1.30 bits per heavy atom. The molecule has 108 valence electrons. The Hall–Kier alpha value is -1.73. The van der Waals surface area contributed by atoms with E-state index in [4.69, 9.17) is 0 Å². The topological polar surface area (TPSA) is 87.7 Å². The number of H-pyrrole nitrogens is 1. The number of rotatable bonds is 6. The average molecular weight is 294 g/mol. The van der Waals surface area contributed by atoms with E-state index in [0.717, 1.165) is 17.0 Å². The first kappa shape index (κ1) is 14.7. The maximum Gasteiger partial charge on any atom is 0.240 e. The molecule has 0 aliphatic rings. The zero-order valence-electron chi connectivity index (χ0n) is 11.5. The van der Waals surface area contributed by atoms with Gasteiger partial charge in [0.25, 0.3) is 0 Å². The molecule has 0 atom stereocenters. The number of benzene rings is 1. The molecule has 0 saturated heterocycles. The summed E-state index contributed by atoms with van der Waals surface area (Å²) in [6.45, 7) is 4.04. The molecule has 0 bridgehead atoms. The van der Waals surface area contributed by atoms with Crippen LogP contribution in [0, 0.1) is 13.8 Å². The maximum absolute atomic E-state index is 12.2. The molecular formula is C13H18N4O2S. The molecule has 0 radical (unpaired) electrons. The maximum atomic E-state index is 12.2. The highest BCUT2D eigenvalue weighted by molar-refractivity contribution is 7.89. The van der Waals surface area contributed by atoms with Gasteiger partial charge in [0.1, 0.15) is 12.2 Å². The summed E-state index contributed by atoms with van der Waals surface area (Å²) in [4.78, 5) is 4.33. The standard InChI is InChI=1S/C13H18N4O2S/c1-10-5-6-11(2)12(8-10)20(18,19)16-7-3-4-13-14-9-15-17-13/h5-6,8-9,16H,3-4,7H2,1-2H3,(H,14,15,17). The number of aromatic nitrogens is 3. The normalized spacial score (nSPS) is 11.7. The van der Waals surface area contributed by atoms with Crippen molar-refractivity contribution in [3.63, 3.8) is 0 Å². The lowest BCUT2D eigenvalue weighted by Gasteiger charge is -2.09. The monoisotopic (exact) mass is 294 g/mol. The number of aromatic amines is 1. The van der Waals surface area contributed by atoms with E-state index in [0.29, 0.717) is 24.3 Å². The fraction of sp³-hybridized carbons (Fsp3) is 0.385. The number of aryl methyl sites for hydroxylation is 3. The molecule has 1 aromatic carbocycles. The zero-order chi connectivity index (χ0) is 14.6. The highest BCUT2D eigenvalue weighted by Crippen LogP contribution is 2.16. The van der Waals surface area contributed by atoms with Gasteiger partial charge < -0.3 is 0 Å². The third kappa shape index (κ3) is 3.64. The van der Waals surface area contributed by atoms with Gasteiger partial charge in [0.2, 0.25) is 10.0 Å². The highest BCUT2D eigenvalue weighted by atomic mass is 32.2. The molecule has 7 heteroatoms. The second kappa shape index (κ2) is 6.15. The molecule has 2 rings (SSSR count). The van der Waals surface area contributed by atoms with Crippen molar-refractivity contribution in [2.75, 3.05) is 6.54 Å². The fourth-order valence-corrected chi connectivity index (χ4v) is 3.29. The lowest BCUT2D eigenvalue weighted by molar-refractivity contribution is 0.577. The first-order chi connectivity index (χ1) is 9.49. The van der Waals surface area contributed by atoms with Crippen molar-refractivity contribution < 1.29 is 8.42 Å². The molecule has 0 saturated carbocycles. The first-order valence-electron chi connectivity index (χ1n) is 6.40. The highest BCUT2D eigenvalue weighted by Gasteiger charge is 2.16. The van der Waals surface area contributed by atoms with E-state index < -0.39 is 10.0 Å². The van der Waals surface area contributed by atoms with Crippen molar-refractivity contribution in [2.24, 2.45) is 0 Å². The Kier molecular flexibility index (Phi) is 4.51. The SMILES string of the molecule is Cc1ccc(C)c(S(=O)(=O)NCCCc2ncn[nH]2)c1. The van der Waals surface area contributed by atoms with Gasteiger partial charge in [-0.3, -0.25) is 5.10 Å². The van der Waals surface area contributed by atoms with E-state index in [9.17, 15) is 8.42 Å². The van der Waals surface area contributed by atoms with Crippen molar-refractivity contribution >= 4 is 10.0 Å². The van der Waals surface area contributed by atoms with Crippen LogP contribution in [0.25, 0.3) is 0 Å². The van der Waals surface area contributed by atoms with Crippen LogP contribution >= 0.6 is 0 Å². The minimum absolute atomic E-state index is 0.345. The number of sulfonamides is 1. The van der Waals surface area contributed by atoms with E-state index in [1.807, 2.05) is 19.1 Å². The predicted octanol–water partition coefficient (Wildman–Crippen LogP) is 1.33. The summed E-state index contributed by atoms with van der Waals surface area (Å²) >= 11 is 0. The second-order valence-corrected chi connectivity index (χ2v) is 6.44. The van der Waals surface area contributed by atoms with Crippen LogP contribution in [0.1, 0.15) is 23.4 Å². The van der Waals surface area contributed by atoms with Crippen LogP contribution in [0.2, 0.25) is 0 Å². The van der Waals surface area contributed by atoms with Gasteiger partial charge in [0.05, 0.1) is 4.90 Å². The summed E-state index contributed by atoms with van der Waals surface area (Å²) < 4.78 is 27.1. The molecule has 20 heavy (non-hydrogen) atoms. The third-order valence-electron chi connectivity index (χ3n) is 2.98. The minimum Gasteiger partial charge on any atom is -0.263 e. The smallest absolute Gasteiger partial charge is 0.240 e. The summed E-state index contributed by atoms with van der Waals surface area (Å²) in [5.74, 6) is 0.760. The van der Waals surface area contributed by atoms with Gasteiger partial charge in [-0.15, -0.1) is 0 Å². The molecule has 0 amide bonds. The fourth-order valence-electron chi connectivity index (χ4n) is 1.89. The van der Waals surface area contributed by atoms with Gasteiger partial charge in [-0.05, 0) is 37.5 Å². The number of hydrogen-bond acceptors (Lipinski definition) is 4. The predicted molar refractivity (Wildman–Crippen MR) is 75.8 cm³/mol. The molecule has 0 unspecified atom stereocenters. The van der Waals surface area contributed by atoms with E-state index in [-0.39, 0.29) is 0 Å². The molecule has 0 aliphatic heterocycles. The Bertz CT molecular complexity index is 666. The molecular weight excluding hydrogens is 276 g/mol. The molecule has 1 aromatic heterocycles. The van der Waals surface area contributed by atoms with Crippen molar-refractivity contribution in [1.29, 1.82) is 0 Å². The average Bonchev–Trinajstić information content (AvgIpc) is 2.90. The number of hydrogen-bond donors (Lipinski definition) is 2. The van der Waals surface area contributed by atoms with Gasteiger partial charge in [0, 0.05) is 13.0 Å².